The molecule has 12 heavy (non-hydrogen) atoms. The smallest absolute Gasteiger partial charge is 0.171 e. The van der Waals surface area contributed by atoms with Crippen LogP contribution in [0.5, 0.6) is 0 Å². The molecule has 0 heterocycles. The molecule has 1 aliphatic carbocycles. The average molecular weight is 302 g/mol. The van der Waals surface area contributed by atoms with Crippen molar-refractivity contribution in [2.45, 2.75) is 23.0 Å². The zero-order chi connectivity index (χ0) is 9.35. The molecular formula is C7H11IO3S. The Morgan fingerprint density at radius 3 is 2.42 bits per heavy atom. The van der Waals surface area contributed by atoms with Crippen LogP contribution in [0.25, 0.3) is 0 Å². The standard InChI is InChI=1S/C7H11IO3S/c1-2-12(10,11)7(8)6(9)5-3-4-5/h5,7H,2-4H2,1H3/t7-/m0/s1. The second-order valence-electron chi connectivity index (χ2n) is 2.94. The normalized spacial score (nSPS) is 20.5. The predicted molar refractivity (Wildman–Crippen MR) is 55.0 cm³/mol. The molecule has 70 valence electrons. The van der Waals surface area contributed by atoms with E-state index in [2.05, 4.69) is 0 Å². The van der Waals surface area contributed by atoms with Crippen molar-refractivity contribution in [3.63, 3.8) is 0 Å². The van der Waals surface area contributed by atoms with Crippen molar-refractivity contribution in [3.8, 4) is 0 Å². The lowest BCUT2D eigenvalue weighted by atomic mass is 10.3. The molecule has 1 saturated carbocycles. The van der Waals surface area contributed by atoms with Crippen molar-refractivity contribution >= 4 is 38.2 Å². The number of carbonyl (C=O) groups excluding carboxylic acids is 1. The van der Waals surface area contributed by atoms with Crippen molar-refractivity contribution in [3.05, 3.63) is 0 Å². The molecule has 0 aliphatic heterocycles. The van der Waals surface area contributed by atoms with Crippen LogP contribution in [0.4, 0.5) is 0 Å². The highest BCUT2D eigenvalue weighted by atomic mass is 127. The summed E-state index contributed by atoms with van der Waals surface area (Å²) in [7, 11) is -3.17. The van der Waals surface area contributed by atoms with Gasteiger partial charge in [-0.25, -0.2) is 8.42 Å². The van der Waals surface area contributed by atoms with E-state index in [1.807, 2.05) is 0 Å². The monoisotopic (exact) mass is 302 g/mol. The Balaban J connectivity index is 2.69. The van der Waals surface area contributed by atoms with E-state index in [1.54, 1.807) is 29.5 Å². The molecule has 0 saturated heterocycles. The van der Waals surface area contributed by atoms with Crippen LogP contribution >= 0.6 is 22.6 Å². The lowest BCUT2D eigenvalue weighted by Gasteiger charge is -2.06. The first-order chi connectivity index (χ1) is 5.49. The highest BCUT2D eigenvalue weighted by molar-refractivity contribution is 14.1. The van der Waals surface area contributed by atoms with Gasteiger partial charge in [0.15, 0.2) is 18.9 Å². The van der Waals surface area contributed by atoms with Gasteiger partial charge in [0, 0.05) is 11.7 Å². The van der Waals surface area contributed by atoms with Crippen molar-refractivity contribution in [1.29, 1.82) is 0 Å². The molecule has 0 aromatic carbocycles. The van der Waals surface area contributed by atoms with Gasteiger partial charge in [0.1, 0.15) is 0 Å². The first-order valence-electron chi connectivity index (χ1n) is 3.88. The lowest BCUT2D eigenvalue weighted by molar-refractivity contribution is -0.118. The molecule has 0 aromatic heterocycles. The van der Waals surface area contributed by atoms with E-state index in [0.29, 0.717) is 0 Å². The number of hydrogen-bond donors (Lipinski definition) is 0. The largest absolute Gasteiger partial charge is 0.297 e. The number of alkyl halides is 1. The third-order valence-electron chi connectivity index (χ3n) is 1.92. The maximum atomic E-state index is 11.3. The summed E-state index contributed by atoms with van der Waals surface area (Å²) in [6.07, 6.45) is 1.75. The second kappa shape index (κ2) is 3.61. The summed E-state index contributed by atoms with van der Waals surface area (Å²) >= 11 is 1.73. The Morgan fingerprint density at radius 2 is 2.08 bits per heavy atom. The molecule has 0 N–H and O–H groups in total. The highest BCUT2D eigenvalue weighted by Crippen LogP contribution is 2.34. The minimum atomic E-state index is -3.17. The number of ketones is 1. The maximum absolute atomic E-state index is 11.3. The fourth-order valence-electron chi connectivity index (χ4n) is 0.876. The Morgan fingerprint density at radius 1 is 1.58 bits per heavy atom. The van der Waals surface area contributed by atoms with Crippen molar-refractivity contribution in [2.24, 2.45) is 5.92 Å². The summed E-state index contributed by atoms with van der Waals surface area (Å²) in [5.41, 5.74) is 0. The van der Waals surface area contributed by atoms with Gasteiger partial charge in [0.2, 0.25) is 0 Å². The van der Waals surface area contributed by atoms with Crippen molar-refractivity contribution in [2.75, 3.05) is 5.75 Å². The third-order valence-corrected chi connectivity index (χ3v) is 6.53. The summed E-state index contributed by atoms with van der Waals surface area (Å²) in [4.78, 5) is 11.3. The van der Waals surface area contributed by atoms with Crippen molar-refractivity contribution < 1.29 is 13.2 Å². The molecule has 1 fully saturated rings. The van der Waals surface area contributed by atoms with Crippen molar-refractivity contribution in [1.82, 2.24) is 0 Å². The molecule has 1 atom stereocenters. The van der Waals surface area contributed by atoms with Gasteiger partial charge in [-0.2, -0.15) is 0 Å². The molecule has 0 bridgehead atoms. The molecular weight excluding hydrogens is 291 g/mol. The van der Waals surface area contributed by atoms with E-state index in [0.717, 1.165) is 12.8 Å². The van der Waals surface area contributed by atoms with Gasteiger partial charge in [0.05, 0.1) is 0 Å². The summed E-state index contributed by atoms with van der Waals surface area (Å²) in [5, 5.41) is 0. The fourth-order valence-corrected chi connectivity index (χ4v) is 3.30. The Labute approximate surface area is 86.0 Å². The van der Waals surface area contributed by atoms with Crippen LogP contribution in [0.1, 0.15) is 19.8 Å². The van der Waals surface area contributed by atoms with Crippen LogP contribution in [0, 0.1) is 5.92 Å². The predicted octanol–water partition coefficient (Wildman–Crippen LogP) is 1.16. The van der Waals surface area contributed by atoms with Crippen LogP contribution < -0.4 is 0 Å². The van der Waals surface area contributed by atoms with E-state index in [4.69, 9.17) is 0 Å². The number of rotatable bonds is 4. The first-order valence-corrected chi connectivity index (χ1v) is 6.84. The van der Waals surface area contributed by atoms with Crippen LogP contribution in [0.3, 0.4) is 0 Å². The quantitative estimate of drug-likeness (QED) is 0.578. The van der Waals surface area contributed by atoms with E-state index in [-0.39, 0.29) is 17.5 Å². The number of Topliss-reactive ketones (excluding diaryl/α,β-unsaturated/α-hetero) is 1. The average Bonchev–Trinajstić information content (AvgIpc) is 2.84. The minimum Gasteiger partial charge on any atom is -0.297 e. The third kappa shape index (κ3) is 2.18. The fraction of sp³-hybridized carbons (Fsp3) is 0.857. The van der Waals surface area contributed by atoms with Crippen LogP contribution in [0.15, 0.2) is 0 Å². The Kier molecular flexibility index (Phi) is 3.14. The summed E-state index contributed by atoms with van der Waals surface area (Å²) in [6, 6.07) is 0. The van der Waals surface area contributed by atoms with Gasteiger partial charge in [-0.1, -0.05) is 29.5 Å². The summed E-state index contributed by atoms with van der Waals surface area (Å²) in [6.45, 7) is 1.57. The molecule has 5 heteroatoms. The van der Waals surface area contributed by atoms with E-state index in [9.17, 15) is 13.2 Å². The summed E-state index contributed by atoms with van der Waals surface area (Å²) in [5.74, 6) is -0.00956. The molecule has 0 radical (unpaired) electrons. The van der Waals surface area contributed by atoms with Crippen LogP contribution in [0.2, 0.25) is 0 Å². The van der Waals surface area contributed by atoms with Gasteiger partial charge < -0.3 is 0 Å². The Hall–Kier alpha value is 0.350. The Bertz CT molecular complexity index is 279. The van der Waals surface area contributed by atoms with Gasteiger partial charge in [-0.05, 0) is 12.8 Å². The van der Waals surface area contributed by atoms with E-state index >= 15 is 0 Å². The van der Waals surface area contributed by atoms with Gasteiger partial charge in [-0.15, -0.1) is 0 Å². The van der Waals surface area contributed by atoms with Gasteiger partial charge in [0.25, 0.3) is 0 Å². The number of hydrogen-bond acceptors (Lipinski definition) is 3. The molecule has 0 unspecified atom stereocenters. The van der Waals surface area contributed by atoms with Crippen LogP contribution in [-0.4, -0.2) is 23.2 Å². The molecule has 3 nitrogen and oxygen atoms in total. The minimum absolute atomic E-state index is 0.0354. The zero-order valence-corrected chi connectivity index (χ0v) is 9.76. The molecule has 1 aliphatic rings. The summed E-state index contributed by atoms with van der Waals surface area (Å²) < 4.78 is 21.7. The van der Waals surface area contributed by atoms with E-state index in [1.165, 1.54) is 0 Å². The molecule has 0 spiro atoms. The van der Waals surface area contributed by atoms with Gasteiger partial charge in [-0.3, -0.25) is 4.79 Å². The molecule has 0 amide bonds. The second-order valence-corrected chi connectivity index (χ2v) is 7.41. The SMILES string of the molecule is CCS(=O)(=O)[C@H](I)C(=O)C1CC1. The first kappa shape index (κ1) is 10.4. The number of halogens is 1. The topological polar surface area (TPSA) is 51.2 Å². The highest BCUT2D eigenvalue weighted by Gasteiger charge is 2.38. The maximum Gasteiger partial charge on any atom is 0.171 e. The zero-order valence-electron chi connectivity index (χ0n) is 6.79. The van der Waals surface area contributed by atoms with Crippen LogP contribution in [-0.2, 0) is 14.6 Å². The molecule has 0 aromatic rings. The lowest BCUT2D eigenvalue weighted by Crippen LogP contribution is -2.26. The molecule has 1 rings (SSSR count). The van der Waals surface area contributed by atoms with E-state index < -0.39 is 13.1 Å². The number of sulfone groups is 1. The number of carbonyl (C=O) groups is 1. The van der Waals surface area contributed by atoms with Gasteiger partial charge >= 0.3 is 0 Å².